The first-order valence-corrected chi connectivity index (χ1v) is 9.85. The monoisotopic (exact) mass is 377 g/mol. The van der Waals surface area contributed by atoms with Crippen molar-refractivity contribution in [1.82, 2.24) is 29.6 Å². The van der Waals surface area contributed by atoms with Gasteiger partial charge in [0, 0.05) is 44.1 Å². The zero-order valence-corrected chi connectivity index (χ0v) is 16.0. The molecule has 8 nitrogen and oxygen atoms in total. The highest BCUT2D eigenvalue weighted by Gasteiger charge is 2.32. The van der Waals surface area contributed by atoms with Crippen LogP contribution in [0.2, 0.25) is 0 Å². The fourth-order valence-corrected chi connectivity index (χ4v) is 4.35. The molecule has 1 aliphatic heterocycles. The van der Waals surface area contributed by atoms with Crippen LogP contribution in [0.3, 0.4) is 0 Å². The maximum absolute atomic E-state index is 12.9. The molecule has 1 amide bonds. The summed E-state index contributed by atoms with van der Waals surface area (Å²) in [7, 11) is 1.87. The van der Waals surface area contributed by atoms with Crippen LogP contribution in [0, 0.1) is 0 Å². The molecular weight excluding hydrogens is 354 g/mol. The van der Waals surface area contributed by atoms with Crippen molar-refractivity contribution in [3.05, 3.63) is 30.7 Å². The van der Waals surface area contributed by atoms with Crippen LogP contribution in [-0.4, -0.2) is 61.2 Å². The molecule has 0 bridgehead atoms. The number of nitrogens with zero attached hydrogens (tertiary/aromatic N) is 7. The molecule has 2 aliphatic rings. The van der Waals surface area contributed by atoms with Gasteiger partial charge in [-0.2, -0.15) is 5.10 Å². The summed E-state index contributed by atoms with van der Waals surface area (Å²) in [4.78, 5) is 30.6. The number of rotatable bonds is 3. The minimum absolute atomic E-state index is 0.194. The van der Waals surface area contributed by atoms with Gasteiger partial charge in [0.15, 0.2) is 11.5 Å². The fourth-order valence-electron chi connectivity index (χ4n) is 4.35. The lowest BCUT2D eigenvalue weighted by Crippen LogP contribution is -2.53. The lowest BCUT2D eigenvalue weighted by atomic mass is 10.1. The van der Waals surface area contributed by atoms with E-state index in [-0.39, 0.29) is 5.91 Å². The van der Waals surface area contributed by atoms with Gasteiger partial charge in [-0.05, 0) is 25.0 Å². The van der Waals surface area contributed by atoms with E-state index in [0.717, 1.165) is 48.3 Å². The highest BCUT2D eigenvalue weighted by molar-refractivity contribution is 5.92. The highest BCUT2D eigenvalue weighted by atomic mass is 16.2. The van der Waals surface area contributed by atoms with Gasteiger partial charge < -0.3 is 9.80 Å². The molecule has 0 radical (unpaired) electrons. The van der Waals surface area contributed by atoms with Crippen molar-refractivity contribution >= 4 is 22.8 Å². The molecule has 5 rings (SSSR count). The third-order valence-corrected chi connectivity index (χ3v) is 5.83. The Hall–Kier alpha value is -3.03. The van der Waals surface area contributed by atoms with Crippen LogP contribution in [0.25, 0.3) is 22.4 Å². The van der Waals surface area contributed by atoms with Crippen molar-refractivity contribution in [1.29, 1.82) is 0 Å². The second-order valence-corrected chi connectivity index (χ2v) is 7.56. The van der Waals surface area contributed by atoms with Gasteiger partial charge in [-0.25, -0.2) is 9.97 Å². The van der Waals surface area contributed by atoms with Gasteiger partial charge in [0.05, 0.1) is 18.1 Å². The number of aromatic nitrogens is 5. The number of carbonyl (C=O) groups excluding carboxylic acids is 1. The number of carbonyl (C=O) groups is 1. The fraction of sp³-hybridized carbons (Fsp3) is 0.450. The molecule has 4 heterocycles. The Labute approximate surface area is 163 Å². The van der Waals surface area contributed by atoms with Crippen LogP contribution in [0.4, 0.5) is 5.82 Å². The average Bonchev–Trinajstić information content (AvgIpc) is 3.38. The van der Waals surface area contributed by atoms with E-state index < -0.39 is 0 Å². The molecule has 3 aromatic heterocycles. The average molecular weight is 377 g/mol. The van der Waals surface area contributed by atoms with Crippen molar-refractivity contribution in [2.45, 2.75) is 31.7 Å². The number of anilines is 1. The molecule has 0 N–H and O–H groups in total. The topological polar surface area (TPSA) is 80.0 Å². The van der Waals surface area contributed by atoms with E-state index in [9.17, 15) is 4.79 Å². The Bertz CT molecular complexity index is 1010. The predicted molar refractivity (Wildman–Crippen MR) is 106 cm³/mol. The first kappa shape index (κ1) is 17.1. The summed E-state index contributed by atoms with van der Waals surface area (Å²) in [6.07, 6.45) is 9.99. The number of pyridine rings is 1. The summed E-state index contributed by atoms with van der Waals surface area (Å²) >= 11 is 0. The van der Waals surface area contributed by atoms with Gasteiger partial charge in [0.25, 0.3) is 0 Å². The van der Waals surface area contributed by atoms with Crippen LogP contribution in [0.5, 0.6) is 0 Å². The molecule has 2 fully saturated rings. The summed E-state index contributed by atoms with van der Waals surface area (Å²) in [5.41, 5.74) is 1.66. The number of amides is 1. The first-order chi connectivity index (χ1) is 13.7. The second-order valence-electron chi connectivity index (χ2n) is 7.56. The molecular formula is C20H23N7O. The Morgan fingerprint density at radius 2 is 1.86 bits per heavy atom. The van der Waals surface area contributed by atoms with Gasteiger partial charge >= 0.3 is 0 Å². The minimum Gasteiger partial charge on any atom is -0.345 e. The zero-order chi connectivity index (χ0) is 19.1. The van der Waals surface area contributed by atoms with E-state index >= 15 is 0 Å². The number of aryl methyl sites for hydroxylation is 1. The van der Waals surface area contributed by atoms with E-state index in [1.54, 1.807) is 23.3 Å². The summed E-state index contributed by atoms with van der Waals surface area (Å²) in [5.74, 6) is 1.60. The molecule has 0 atom stereocenters. The van der Waals surface area contributed by atoms with E-state index in [0.29, 0.717) is 18.4 Å². The van der Waals surface area contributed by atoms with Crippen LogP contribution in [0.15, 0.2) is 30.7 Å². The van der Waals surface area contributed by atoms with Crippen molar-refractivity contribution in [2.24, 2.45) is 7.05 Å². The molecule has 1 saturated carbocycles. The summed E-state index contributed by atoms with van der Waals surface area (Å²) < 4.78 is 1.75. The number of fused-ring (bicyclic) bond motifs is 1. The summed E-state index contributed by atoms with van der Waals surface area (Å²) in [6, 6.07) is 4.21. The zero-order valence-electron chi connectivity index (χ0n) is 16.0. The molecule has 0 unspecified atom stereocenters. The van der Waals surface area contributed by atoms with Crippen LogP contribution >= 0.6 is 0 Å². The highest BCUT2D eigenvalue weighted by Crippen LogP contribution is 2.30. The van der Waals surface area contributed by atoms with Gasteiger partial charge in [-0.15, -0.1) is 0 Å². The first-order valence-electron chi connectivity index (χ1n) is 9.85. The second kappa shape index (κ2) is 6.85. The van der Waals surface area contributed by atoms with Crippen molar-refractivity contribution in [3.63, 3.8) is 0 Å². The predicted octanol–water partition coefficient (Wildman–Crippen LogP) is 2.02. The van der Waals surface area contributed by atoms with E-state index in [2.05, 4.69) is 19.9 Å². The van der Waals surface area contributed by atoms with Crippen molar-refractivity contribution in [3.8, 4) is 11.4 Å². The van der Waals surface area contributed by atoms with Crippen molar-refractivity contribution < 1.29 is 4.79 Å². The quantitative estimate of drug-likeness (QED) is 0.695. The van der Waals surface area contributed by atoms with Crippen molar-refractivity contribution in [2.75, 3.05) is 24.5 Å². The summed E-state index contributed by atoms with van der Waals surface area (Å²) in [5, 5.41) is 5.24. The third kappa shape index (κ3) is 2.89. The maximum atomic E-state index is 12.9. The molecule has 0 spiro atoms. The standard InChI is InChI=1S/C20H23N7O/c1-25-19-16(12-22-25)20(24-18(23-19)14-6-8-21-9-7-14)26-10-11-27(17(28)13-26)15-4-2-3-5-15/h6-9,12,15H,2-5,10-11,13H2,1H3. The van der Waals surface area contributed by atoms with Crippen LogP contribution in [-0.2, 0) is 11.8 Å². The van der Waals surface area contributed by atoms with E-state index in [1.807, 2.05) is 19.2 Å². The lowest BCUT2D eigenvalue weighted by Gasteiger charge is -2.38. The van der Waals surface area contributed by atoms with Gasteiger partial charge in [-0.3, -0.25) is 14.5 Å². The van der Waals surface area contributed by atoms with Gasteiger partial charge in [0.1, 0.15) is 5.82 Å². The van der Waals surface area contributed by atoms with Gasteiger partial charge in [0.2, 0.25) is 5.91 Å². The van der Waals surface area contributed by atoms with E-state index in [1.165, 1.54) is 12.8 Å². The largest absolute Gasteiger partial charge is 0.345 e. The molecule has 3 aromatic rings. The molecule has 144 valence electrons. The van der Waals surface area contributed by atoms with Crippen LogP contribution < -0.4 is 4.90 Å². The number of piperazine rings is 1. The Balaban J connectivity index is 1.51. The molecule has 8 heteroatoms. The Morgan fingerprint density at radius 1 is 1.07 bits per heavy atom. The molecule has 1 saturated heterocycles. The Morgan fingerprint density at radius 3 is 2.61 bits per heavy atom. The third-order valence-electron chi connectivity index (χ3n) is 5.83. The SMILES string of the molecule is Cn1ncc2c(N3CCN(C4CCCC4)C(=O)C3)nc(-c3ccncc3)nc21. The molecule has 1 aliphatic carbocycles. The van der Waals surface area contributed by atoms with E-state index in [4.69, 9.17) is 9.97 Å². The number of hydrogen-bond acceptors (Lipinski definition) is 6. The molecule has 28 heavy (non-hydrogen) atoms. The molecule has 0 aromatic carbocycles. The summed E-state index contributed by atoms with van der Waals surface area (Å²) in [6.45, 7) is 1.88. The normalized spacial score (nSPS) is 18.4. The van der Waals surface area contributed by atoms with Gasteiger partial charge in [-0.1, -0.05) is 12.8 Å². The Kier molecular flexibility index (Phi) is 4.18. The minimum atomic E-state index is 0.194. The van der Waals surface area contributed by atoms with Crippen LogP contribution in [0.1, 0.15) is 25.7 Å². The smallest absolute Gasteiger partial charge is 0.242 e. The maximum Gasteiger partial charge on any atom is 0.242 e. The lowest BCUT2D eigenvalue weighted by molar-refractivity contribution is -0.133. The number of hydrogen-bond donors (Lipinski definition) is 0.